The van der Waals surface area contributed by atoms with Crippen LogP contribution in [0.5, 0.6) is 0 Å². The first kappa shape index (κ1) is 19.9. The molecule has 1 atom stereocenters. The van der Waals surface area contributed by atoms with Gasteiger partial charge in [0, 0.05) is 31.1 Å². The molecule has 6 nitrogen and oxygen atoms in total. The third-order valence-corrected chi connectivity index (χ3v) is 4.49. The van der Waals surface area contributed by atoms with Gasteiger partial charge in [-0.1, -0.05) is 12.1 Å². The fourth-order valence-electron chi connectivity index (χ4n) is 3.02. The van der Waals surface area contributed by atoms with Crippen LogP contribution in [0.1, 0.15) is 30.0 Å². The summed E-state index contributed by atoms with van der Waals surface area (Å²) in [4.78, 5) is 29.3. The van der Waals surface area contributed by atoms with Gasteiger partial charge in [-0.15, -0.1) is 0 Å². The van der Waals surface area contributed by atoms with Crippen LogP contribution in [0, 0.1) is 11.6 Å². The topological polar surface area (TPSA) is 71.5 Å². The molecule has 0 radical (unpaired) electrons. The largest absolute Gasteiger partial charge is 0.368 e. The summed E-state index contributed by atoms with van der Waals surface area (Å²) in [7, 11) is 0. The smallest absolute Gasteiger partial charge is 0.242 e. The van der Waals surface area contributed by atoms with Gasteiger partial charge in [0.25, 0.3) is 0 Å². The number of hydrogen-bond donors (Lipinski definition) is 1. The molecule has 3 rings (SSSR count). The van der Waals surface area contributed by atoms with E-state index < -0.39 is 17.7 Å². The molecule has 0 spiro atoms. The molecule has 1 N–H and O–H groups in total. The maximum atomic E-state index is 13.9. The number of morpholine rings is 1. The average Bonchev–Trinajstić information content (AvgIpc) is 2.69. The third-order valence-electron chi connectivity index (χ3n) is 4.49. The zero-order valence-electron chi connectivity index (χ0n) is 15.5. The SMILES string of the molecule is CC(=O)NCC(=O)N1CCO[C@@H](c2cccc(Cc3c(F)cccc3F)n2)C1. The second kappa shape index (κ2) is 8.88. The second-order valence-corrected chi connectivity index (χ2v) is 6.54. The average molecular weight is 389 g/mol. The van der Waals surface area contributed by atoms with Gasteiger partial charge in [-0.2, -0.15) is 0 Å². The van der Waals surface area contributed by atoms with Crippen molar-refractivity contribution in [3.8, 4) is 0 Å². The van der Waals surface area contributed by atoms with Gasteiger partial charge in [0.15, 0.2) is 0 Å². The highest BCUT2D eigenvalue weighted by molar-refractivity contribution is 5.83. The number of pyridine rings is 1. The minimum Gasteiger partial charge on any atom is -0.368 e. The molecule has 1 fully saturated rings. The van der Waals surface area contributed by atoms with Gasteiger partial charge in [-0.25, -0.2) is 8.78 Å². The minimum absolute atomic E-state index is 0.0181. The van der Waals surface area contributed by atoms with Crippen molar-refractivity contribution >= 4 is 11.8 Å². The van der Waals surface area contributed by atoms with E-state index in [1.165, 1.54) is 25.1 Å². The fourth-order valence-corrected chi connectivity index (χ4v) is 3.02. The van der Waals surface area contributed by atoms with Crippen molar-refractivity contribution in [2.24, 2.45) is 0 Å². The summed E-state index contributed by atoms with van der Waals surface area (Å²) in [6.07, 6.45) is -0.426. The van der Waals surface area contributed by atoms with Crippen molar-refractivity contribution in [3.63, 3.8) is 0 Å². The van der Waals surface area contributed by atoms with E-state index in [2.05, 4.69) is 10.3 Å². The number of rotatable bonds is 5. The van der Waals surface area contributed by atoms with Crippen LogP contribution >= 0.6 is 0 Å². The summed E-state index contributed by atoms with van der Waals surface area (Å²) in [6, 6.07) is 8.94. The third kappa shape index (κ3) is 4.89. The van der Waals surface area contributed by atoms with E-state index in [0.717, 1.165) is 0 Å². The number of carbonyl (C=O) groups excluding carboxylic acids is 2. The van der Waals surface area contributed by atoms with Crippen LogP contribution in [-0.2, 0) is 20.7 Å². The van der Waals surface area contributed by atoms with Crippen LogP contribution in [-0.4, -0.2) is 47.9 Å². The summed E-state index contributed by atoms with van der Waals surface area (Å²) in [5.74, 6) is -1.70. The normalized spacial score (nSPS) is 16.7. The van der Waals surface area contributed by atoms with E-state index in [0.29, 0.717) is 31.1 Å². The maximum absolute atomic E-state index is 13.9. The molecular weight excluding hydrogens is 368 g/mol. The Balaban J connectivity index is 1.71. The van der Waals surface area contributed by atoms with Crippen molar-refractivity contribution < 1.29 is 23.1 Å². The molecule has 148 valence electrons. The van der Waals surface area contributed by atoms with E-state index in [4.69, 9.17) is 4.74 Å². The summed E-state index contributed by atoms with van der Waals surface area (Å²) >= 11 is 0. The van der Waals surface area contributed by atoms with Crippen LogP contribution in [0.2, 0.25) is 0 Å². The van der Waals surface area contributed by atoms with E-state index in [1.54, 1.807) is 23.1 Å². The van der Waals surface area contributed by atoms with E-state index >= 15 is 0 Å². The first-order chi connectivity index (χ1) is 13.4. The van der Waals surface area contributed by atoms with Crippen LogP contribution in [0.15, 0.2) is 36.4 Å². The molecule has 0 saturated carbocycles. The van der Waals surface area contributed by atoms with Gasteiger partial charge < -0.3 is 15.0 Å². The molecule has 0 bridgehead atoms. The lowest BCUT2D eigenvalue weighted by atomic mass is 10.1. The number of halogens is 2. The second-order valence-electron chi connectivity index (χ2n) is 6.54. The number of carbonyl (C=O) groups is 2. The summed E-state index contributed by atoms with van der Waals surface area (Å²) in [5, 5.41) is 2.49. The quantitative estimate of drug-likeness (QED) is 0.849. The lowest BCUT2D eigenvalue weighted by molar-refractivity contribution is -0.139. The highest BCUT2D eigenvalue weighted by atomic mass is 19.1. The zero-order valence-corrected chi connectivity index (χ0v) is 15.5. The van der Waals surface area contributed by atoms with Crippen molar-refractivity contribution in [3.05, 3.63) is 65.0 Å². The minimum atomic E-state index is -0.615. The number of aromatic nitrogens is 1. The fraction of sp³-hybridized carbons (Fsp3) is 0.350. The lowest BCUT2D eigenvalue weighted by Gasteiger charge is -2.32. The Morgan fingerprint density at radius 2 is 1.93 bits per heavy atom. The van der Waals surface area contributed by atoms with E-state index in [9.17, 15) is 18.4 Å². The molecule has 1 aliphatic heterocycles. The standard InChI is InChI=1S/C20H21F2N3O3/c1-13(26)23-11-20(27)25-8-9-28-19(12-25)18-7-2-4-14(24-18)10-15-16(21)5-3-6-17(15)22/h2-7,19H,8-12H2,1H3,(H,23,26)/t19-/m1/s1. The highest BCUT2D eigenvalue weighted by Crippen LogP contribution is 2.22. The number of nitrogens with zero attached hydrogens (tertiary/aromatic N) is 2. The van der Waals surface area contributed by atoms with Crippen LogP contribution in [0.3, 0.4) is 0 Å². The molecule has 1 saturated heterocycles. The number of ether oxygens (including phenoxy) is 1. The summed E-state index contributed by atoms with van der Waals surface area (Å²) in [5.41, 5.74) is 1.06. The molecule has 8 heteroatoms. The van der Waals surface area contributed by atoms with Gasteiger partial charge >= 0.3 is 0 Å². The highest BCUT2D eigenvalue weighted by Gasteiger charge is 2.26. The number of hydrogen-bond acceptors (Lipinski definition) is 4. The monoisotopic (exact) mass is 389 g/mol. The number of benzene rings is 1. The Hall–Kier alpha value is -2.87. The molecule has 1 aromatic carbocycles. The Bertz CT molecular complexity index is 855. The molecular formula is C20H21F2N3O3. The molecule has 2 aromatic rings. The Morgan fingerprint density at radius 1 is 1.21 bits per heavy atom. The lowest BCUT2D eigenvalue weighted by Crippen LogP contribution is -2.46. The Labute approximate surface area is 161 Å². The zero-order chi connectivity index (χ0) is 20.1. The van der Waals surface area contributed by atoms with Crippen molar-refractivity contribution in [1.29, 1.82) is 0 Å². The molecule has 1 aliphatic rings. The van der Waals surface area contributed by atoms with E-state index in [1.807, 2.05) is 0 Å². The number of nitrogens with one attached hydrogen (secondary N) is 1. The van der Waals surface area contributed by atoms with Gasteiger partial charge in [-0.05, 0) is 24.3 Å². The van der Waals surface area contributed by atoms with Crippen molar-refractivity contribution in [2.75, 3.05) is 26.2 Å². The van der Waals surface area contributed by atoms with Crippen molar-refractivity contribution in [1.82, 2.24) is 15.2 Å². The Kier molecular flexibility index (Phi) is 6.30. The first-order valence-corrected chi connectivity index (χ1v) is 8.96. The van der Waals surface area contributed by atoms with Crippen LogP contribution in [0.4, 0.5) is 8.78 Å². The molecule has 0 aliphatic carbocycles. The first-order valence-electron chi connectivity index (χ1n) is 8.96. The van der Waals surface area contributed by atoms with Gasteiger partial charge in [0.2, 0.25) is 11.8 Å². The van der Waals surface area contributed by atoms with Crippen molar-refractivity contribution in [2.45, 2.75) is 19.4 Å². The predicted octanol–water partition coefficient (Wildman–Crippen LogP) is 1.99. The maximum Gasteiger partial charge on any atom is 0.242 e. The summed E-state index contributed by atoms with van der Waals surface area (Å²) < 4.78 is 33.5. The molecule has 2 amide bonds. The van der Waals surface area contributed by atoms with Gasteiger partial charge in [0.05, 0.1) is 25.4 Å². The number of amides is 2. The molecule has 1 aromatic heterocycles. The van der Waals surface area contributed by atoms with Crippen LogP contribution in [0.25, 0.3) is 0 Å². The van der Waals surface area contributed by atoms with Gasteiger partial charge in [0.1, 0.15) is 17.7 Å². The predicted molar refractivity (Wildman–Crippen MR) is 97.4 cm³/mol. The van der Waals surface area contributed by atoms with Gasteiger partial charge in [-0.3, -0.25) is 14.6 Å². The molecule has 28 heavy (non-hydrogen) atoms. The van der Waals surface area contributed by atoms with E-state index in [-0.39, 0.29) is 30.3 Å². The molecule has 2 heterocycles. The molecule has 0 unspecified atom stereocenters. The Morgan fingerprint density at radius 3 is 2.64 bits per heavy atom. The summed E-state index contributed by atoms with van der Waals surface area (Å²) in [6.45, 7) is 2.34. The van der Waals surface area contributed by atoms with Crippen LogP contribution < -0.4 is 5.32 Å².